The second kappa shape index (κ2) is 7.69. The van der Waals surface area contributed by atoms with E-state index in [1.54, 1.807) is 49.7 Å². The molecule has 0 atom stereocenters. The summed E-state index contributed by atoms with van der Waals surface area (Å²) < 4.78 is 16.9. The molecule has 7 nitrogen and oxygen atoms in total. The Balaban J connectivity index is 1.78. The number of anilines is 1. The Labute approximate surface area is 165 Å². The minimum atomic E-state index is -0.271. The fraction of sp³-hybridized carbons (Fsp3) is 0.150. The summed E-state index contributed by atoms with van der Waals surface area (Å²) >= 11 is 1.40. The van der Waals surface area contributed by atoms with E-state index in [0.29, 0.717) is 23.2 Å². The number of furan rings is 1. The van der Waals surface area contributed by atoms with E-state index in [0.717, 1.165) is 15.8 Å². The minimum Gasteiger partial charge on any atom is -0.493 e. The monoisotopic (exact) mass is 395 g/mol. The quantitative estimate of drug-likeness (QED) is 0.488. The number of pyridine rings is 1. The van der Waals surface area contributed by atoms with Crippen LogP contribution in [0.4, 0.5) is 5.13 Å². The Bertz CT molecular complexity index is 1050. The fourth-order valence-corrected chi connectivity index (χ4v) is 3.77. The molecule has 0 radical (unpaired) electrons. The highest BCUT2D eigenvalue weighted by Crippen LogP contribution is 2.38. The average molecular weight is 395 g/mol. The van der Waals surface area contributed by atoms with E-state index in [1.807, 2.05) is 18.2 Å². The van der Waals surface area contributed by atoms with Crippen molar-refractivity contribution >= 4 is 32.6 Å². The van der Waals surface area contributed by atoms with Crippen LogP contribution in [0.5, 0.6) is 11.5 Å². The summed E-state index contributed by atoms with van der Waals surface area (Å²) in [6.07, 6.45) is 4.89. The van der Waals surface area contributed by atoms with Crippen LogP contribution in [0.25, 0.3) is 10.2 Å². The summed E-state index contributed by atoms with van der Waals surface area (Å²) in [6, 6.07) is 10.7. The maximum Gasteiger partial charge on any atom is 0.296 e. The molecule has 0 spiro atoms. The first kappa shape index (κ1) is 18.0. The van der Waals surface area contributed by atoms with Gasteiger partial charge in [0.2, 0.25) is 0 Å². The van der Waals surface area contributed by atoms with E-state index in [2.05, 4.69) is 9.97 Å². The Kier molecular flexibility index (Phi) is 4.94. The number of ether oxygens (including phenoxy) is 2. The van der Waals surface area contributed by atoms with Gasteiger partial charge in [0.05, 0.1) is 37.2 Å². The summed E-state index contributed by atoms with van der Waals surface area (Å²) in [7, 11) is 3.16. The Morgan fingerprint density at radius 2 is 2.00 bits per heavy atom. The van der Waals surface area contributed by atoms with Gasteiger partial charge in [-0.1, -0.05) is 17.4 Å². The molecular weight excluding hydrogens is 378 g/mol. The number of aromatic nitrogens is 2. The molecule has 0 N–H and O–H groups in total. The largest absolute Gasteiger partial charge is 0.493 e. The van der Waals surface area contributed by atoms with Gasteiger partial charge in [0.1, 0.15) is 0 Å². The summed E-state index contributed by atoms with van der Waals surface area (Å²) in [6.45, 7) is 0.321. The van der Waals surface area contributed by atoms with Gasteiger partial charge in [-0.2, -0.15) is 0 Å². The number of carbonyl (C=O) groups is 1. The van der Waals surface area contributed by atoms with Crippen molar-refractivity contribution in [2.24, 2.45) is 0 Å². The van der Waals surface area contributed by atoms with Gasteiger partial charge in [-0.25, -0.2) is 4.98 Å². The average Bonchev–Trinajstić information content (AvgIpc) is 3.40. The smallest absolute Gasteiger partial charge is 0.296 e. The Morgan fingerprint density at radius 3 is 2.68 bits per heavy atom. The Morgan fingerprint density at radius 1 is 1.18 bits per heavy atom. The lowest BCUT2D eigenvalue weighted by Gasteiger charge is -2.18. The number of amides is 1. The van der Waals surface area contributed by atoms with Crippen molar-refractivity contribution in [3.63, 3.8) is 0 Å². The van der Waals surface area contributed by atoms with Gasteiger partial charge in [-0.3, -0.25) is 14.7 Å². The van der Waals surface area contributed by atoms with E-state index in [9.17, 15) is 4.79 Å². The molecule has 0 bridgehead atoms. The lowest BCUT2D eigenvalue weighted by Crippen LogP contribution is -2.30. The first-order chi connectivity index (χ1) is 13.7. The van der Waals surface area contributed by atoms with Crippen LogP contribution in [-0.4, -0.2) is 30.1 Å². The number of hydrogen-bond acceptors (Lipinski definition) is 7. The summed E-state index contributed by atoms with van der Waals surface area (Å²) in [5.41, 5.74) is 1.61. The maximum atomic E-state index is 13.1. The van der Waals surface area contributed by atoms with Gasteiger partial charge in [0, 0.05) is 24.5 Å². The normalized spacial score (nSPS) is 10.8. The van der Waals surface area contributed by atoms with Crippen molar-refractivity contribution in [2.45, 2.75) is 6.54 Å². The molecule has 1 aromatic carbocycles. The minimum absolute atomic E-state index is 0.248. The second-order valence-electron chi connectivity index (χ2n) is 5.90. The number of fused-ring (bicyclic) bond motifs is 1. The molecule has 0 aliphatic rings. The molecule has 1 amide bonds. The summed E-state index contributed by atoms with van der Waals surface area (Å²) in [5, 5.41) is 0.551. The molecule has 0 aliphatic carbocycles. The van der Waals surface area contributed by atoms with Crippen LogP contribution in [0.15, 0.2) is 59.5 Å². The highest BCUT2D eigenvalue weighted by atomic mass is 32.1. The molecule has 0 saturated carbocycles. The zero-order valence-corrected chi connectivity index (χ0v) is 16.1. The highest BCUT2D eigenvalue weighted by molar-refractivity contribution is 7.22. The third-order valence-corrected chi connectivity index (χ3v) is 5.20. The maximum absolute atomic E-state index is 13.1. The van der Waals surface area contributed by atoms with Crippen LogP contribution in [0, 0.1) is 0 Å². The topological polar surface area (TPSA) is 77.7 Å². The molecule has 28 heavy (non-hydrogen) atoms. The summed E-state index contributed by atoms with van der Waals surface area (Å²) in [4.78, 5) is 23.4. The zero-order valence-electron chi connectivity index (χ0n) is 15.3. The third kappa shape index (κ3) is 3.41. The van der Waals surface area contributed by atoms with E-state index in [1.165, 1.54) is 17.6 Å². The Hall–Kier alpha value is -3.39. The van der Waals surface area contributed by atoms with Gasteiger partial charge in [0.15, 0.2) is 22.4 Å². The van der Waals surface area contributed by atoms with Crippen LogP contribution in [0.3, 0.4) is 0 Å². The molecule has 3 aromatic heterocycles. The predicted octanol–water partition coefficient (Wildman–Crippen LogP) is 4.15. The number of hydrogen-bond donors (Lipinski definition) is 0. The van der Waals surface area contributed by atoms with Crippen molar-refractivity contribution in [1.29, 1.82) is 0 Å². The number of carbonyl (C=O) groups excluding carboxylic acids is 1. The van der Waals surface area contributed by atoms with Crippen LogP contribution < -0.4 is 14.4 Å². The molecule has 8 heteroatoms. The molecular formula is C20H17N3O4S. The highest BCUT2D eigenvalue weighted by Gasteiger charge is 2.24. The van der Waals surface area contributed by atoms with Gasteiger partial charge in [-0.05, 0) is 23.8 Å². The van der Waals surface area contributed by atoms with Crippen LogP contribution in [-0.2, 0) is 6.54 Å². The van der Waals surface area contributed by atoms with E-state index >= 15 is 0 Å². The second-order valence-corrected chi connectivity index (χ2v) is 6.91. The summed E-state index contributed by atoms with van der Waals surface area (Å²) in [5.74, 6) is 1.18. The van der Waals surface area contributed by atoms with Crippen molar-refractivity contribution in [1.82, 2.24) is 9.97 Å². The number of rotatable bonds is 6. The first-order valence-corrected chi connectivity index (χ1v) is 9.28. The molecule has 0 unspecified atom stereocenters. The zero-order chi connectivity index (χ0) is 19.5. The van der Waals surface area contributed by atoms with E-state index in [-0.39, 0.29) is 11.7 Å². The number of benzene rings is 1. The SMILES string of the molecule is COc1cc2nc(N(Cc3cccnc3)C(=O)c3ccco3)sc2cc1OC. The molecule has 0 aliphatic heterocycles. The lowest BCUT2D eigenvalue weighted by molar-refractivity contribution is 0.0958. The number of nitrogens with zero attached hydrogens (tertiary/aromatic N) is 3. The van der Waals surface area contributed by atoms with E-state index in [4.69, 9.17) is 13.9 Å². The molecule has 3 heterocycles. The molecule has 0 saturated heterocycles. The van der Waals surface area contributed by atoms with Crippen molar-refractivity contribution in [3.8, 4) is 11.5 Å². The van der Waals surface area contributed by atoms with Gasteiger partial charge < -0.3 is 13.9 Å². The predicted molar refractivity (Wildman–Crippen MR) is 106 cm³/mol. The van der Waals surface area contributed by atoms with Crippen LogP contribution in [0.1, 0.15) is 16.1 Å². The molecule has 142 valence electrons. The van der Waals surface area contributed by atoms with Gasteiger partial charge >= 0.3 is 0 Å². The molecule has 4 aromatic rings. The van der Waals surface area contributed by atoms with Crippen molar-refractivity contribution < 1.29 is 18.7 Å². The third-order valence-electron chi connectivity index (χ3n) is 4.15. The lowest BCUT2D eigenvalue weighted by atomic mass is 10.2. The fourth-order valence-electron chi connectivity index (χ4n) is 2.79. The molecule has 4 rings (SSSR count). The van der Waals surface area contributed by atoms with Crippen molar-refractivity contribution in [2.75, 3.05) is 19.1 Å². The van der Waals surface area contributed by atoms with E-state index < -0.39 is 0 Å². The molecule has 0 fully saturated rings. The first-order valence-electron chi connectivity index (χ1n) is 8.46. The van der Waals surface area contributed by atoms with Gasteiger partial charge in [-0.15, -0.1) is 0 Å². The van der Waals surface area contributed by atoms with Gasteiger partial charge in [0.25, 0.3) is 5.91 Å². The standard InChI is InChI=1S/C20H17N3O4S/c1-25-16-9-14-18(10-17(16)26-2)28-20(22-14)23(12-13-5-3-7-21-11-13)19(24)15-6-4-8-27-15/h3-11H,12H2,1-2H3. The van der Waals surface area contributed by atoms with Crippen LogP contribution >= 0.6 is 11.3 Å². The van der Waals surface area contributed by atoms with Crippen molar-refractivity contribution in [3.05, 3.63) is 66.4 Å². The van der Waals surface area contributed by atoms with Crippen LogP contribution in [0.2, 0.25) is 0 Å². The number of methoxy groups -OCH3 is 2. The number of thiazole rings is 1.